The Morgan fingerprint density at radius 1 is 0.367 bits per heavy atom. The number of para-hydroxylation sites is 4. The zero-order valence-corrected chi connectivity index (χ0v) is 50.3. The molecule has 0 atom stereocenters. The summed E-state index contributed by atoms with van der Waals surface area (Å²) in [6.45, 7) is 0. The minimum absolute atomic E-state index is 0.285. The van der Waals surface area contributed by atoms with Gasteiger partial charge in [0.1, 0.15) is 11.6 Å². The molecule has 428 valence electrons. The summed E-state index contributed by atoms with van der Waals surface area (Å²) in [6, 6.07) is 109. The van der Waals surface area contributed by atoms with Crippen LogP contribution in [0.25, 0.3) is 100 Å². The number of aromatic nitrogens is 1. The minimum Gasteiger partial charge on any atom is -0.477 e. The maximum atomic E-state index is 11.5. The molecule has 6 nitrogen and oxygen atoms in total. The maximum absolute atomic E-state index is 11.5. The highest BCUT2D eigenvalue weighted by molar-refractivity contribution is 7.24. The topological polar surface area (TPSA) is 72.5 Å². The van der Waals surface area contributed by atoms with Crippen LogP contribution >= 0.6 is 22.7 Å². The quantitative estimate of drug-likeness (QED) is 0.0559. The van der Waals surface area contributed by atoms with Gasteiger partial charge in [-0.2, -0.15) is 5.26 Å². The number of benzene rings is 11. The van der Waals surface area contributed by atoms with Gasteiger partial charge in [0.05, 0.1) is 11.0 Å². The minimum atomic E-state index is -1.23. The van der Waals surface area contributed by atoms with Gasteiger partial charge in [0.25, 0.3) is 0 Å². The first-order valence-corrected chi connectivity index (χ1v) is 31.3. The van der Waals surface area contributed by atoms with Crippen LogP contribution in [-0.4, -0.2) is 15.6 Å². The van der Waals surface area contributed by atoms with E-state index in [1.54, 1.807) is 17.4 Å². The van der Waals surface area contributed by atoms with Gasteiger partial charge in [-0.3, -0.25) is 0 Å². The molecular formula is C82H56N4O2S2. The number of carbonyl (C=O) groups is 1. The van der Waals surface area contributed by atoms with E-state index in [9.17, 15) is 15.2 Å². The van der Waals surface area contributed by atoms with Crippen LogP contribution in [0.1, 0.15) is 27.1 Å². The lowest BCUT2D eigenvalue weighted by atomic mass is 9.99. The van der Waals surface area contributed by atoms with Gasteiger partial charge >= 0.3 is 5.97 Å². The first-order chi connectivity index (χ1) is 44.3. The van der Waals surface area contributed by atoms with Gasteiger partial charge in [-0.15, -0.1) is 22.7 Å². The Labute approximate surface area is 531 Å². The number of fused-ring (bicyclic) bond motifs is 3. The van der Waals surface area contributed by atoms with E-state index in [1.807, 2.05) is 36.4 Å². The summed E-state index contributed by atoms with van der Waals surface area (Å²) < 4.78 is 2.37. The molecule has 90 heavy (non-hydrogen) atoms. The van der Waals surface area contributed by atoms with Crippen molar-refractivity contribution in [2.75, 3.05) is 9.80 Å². The smallest absolute Gasteiger partial charge is 0.346 e. The molecule has 0 spiro atoms. The average Bonchev–Trinajstić information content (AvgIpc) is 1.60. The molecule has 0 aliphatic rings. The first kappa shape index (κ1) is 56.2. The Morgan fingerprint density at radius 3 is 1.11 bits per heavy atom. The van der Waals surface area contributed by atoms with Crippen molar-refractivity contribution in [3.8, 4) is 54.2 Å². The molecule has 3 heterocycles. The summed E-state index contributed by atoms with van der Waals surface area (Å²) in [6.07, 6.45) is 10.1. The van der Waals surface area contributed by atoms with Crippen molar-refractivity contribution >= 4 is 115 Å². The second-order valence-corrected chi connectivity index (χ2v) is 24.0. The molecule has 8 heteroatoms. The van der Waals surface area contributed by atoms with Gasteiger partial charge in [-0.1, -0.05) is 194 Å². The Morgan fingerprint density at radius 2 is 0.711 bits per heavy atom. The number of rotatable bonds is 17. The fraction of sp³-hybridized carbons (Fsp3) is 0. The second kappa shape index (κ2) is 25.4. The average molecular weight is 1190 g/mol. The third-order valence-electron chi connectivity index (χ3n) is 16.1. The standard InChI is InChI=1S/C82H56N4O2S2/c83-56-66(82(87)88)53-74-47-50-80(89-74)81-52-51-79(90-81)63-37-45-73(46-38-63)86-77-48-39-64(61-33-25-57(26-34-61)21-23-59-29-41-71(42-30-59)84(67-13-5-1-6-14-67)68-15-7-2-8-16-68)54-75(77)76-55-65(40-49-78(76)86)62-35-27-58(28-36-62)22-24-60-31-43-72(44-32-60)85(69-17-9-3-10-18-69)70-19-11-4-12-20-70/h1-55H,(H,87,88)/b23-21+,24-22+,66-53-. The van der Waals surface area contributed by atoms with Crippen LogP contribution in [0.5, 0.6) is 0 Å². The lowest BCUT2D eigenvalue weighted by molar-refractivity contribution is -0.132. The van der Waals surface area contributed by atoms with Gasteiger partial charge in [0, 0.05) is 70.1 Å². The monoisotopic (exact) mass is 1190 g/mol. The van der Waals surface area contributed by atoms with E-state index in [4.69, 9.17) is 0 Å². The van der Waals surface area contributed by atoms with Gasteiger partial charge in [0.2, 0.25) is 0 Å². The molecule has 11 aromatic carbocycles. The van der Waals surface area contributed by atoms with Gasteiger partial charge in [-0.25, -0.2) is 4.79 Å². The van der Waals surface area contributed by atoms with Gasteiger partial charge < -0.3 is 19.5 Å². The van der Waals surface area contributed by atoms with E-state index in [0.29, 0.717) is 0 Å². The van der Waals surface area contributed by atoms with Crippen molar-refractivity contribution in [3.05, 3.63) is 336 Å². The number of aliphatic carboxylic acids is 1. The van der Waals surface area contributed by atoms with Crippen LogP contribution in [0.15, 0.2) is 309 Å². The molecule has 0 aliphatic heterocycles. The predicted octanol–water partition coefficient (Wildman–Crippen LogP) is 22.8. The molecule has 0 saturated carbocycles. The molecular weight excluding hydrogens is 1140 g/mol. The van der Waals surface area contributed by atoms with Crippen LogP contribution in [0.4, 0.5) is 34.1 Å². The third-order valence-corrected chi connectivity index (χ3v) is 18.4. The number of nitrogens with zero attached hydrogens (tertiary/aromatic N) is 4. The normalized spacial score (nSPS) is 11.6. The number of hydrogen-bond acceptors (Lipinski definition) is 6. The van der Waals surface area contributed by atoms with Gasteiger partial charge in [-0.05, 0) is 190 Å². The molecule has 0 saturated heterocycles. The molecule has 0 bridgehead atoms. The fourth-order valence-electron chi connectivity index (χ4n) is 11.5. The van der Waals surface area contributed by atoms with E-state index in [1.165, 1.54) is 28.2 Å². The molecule has 3 aromatic heterocycles. The highest BCUT2D eigenvalue weighted by Crippen LogP contribution is 2.42. The lowest BCUT2D eigenvalue weighted by Crippen LogP contribution is -2.09. The number of thiophene rings is 2. The number of carboxylic acids is 1. The molecule has 1 N–H and O–H groups in total. The fourth-order valence-corrected chi connectivity index (χ4v) is 13.6. The number of nitriles is 1. The number of anilines is 6. The largest absolute Gasteiger partial charge is 0.477 e. The van der Waals surface area contributed by atoms with Crippen molar-refractivity contribution in [3.63, 3.8) is 0 Å². The van der Waals surface area contributed by atoms with Crippen LogP contribution in [0.2, 0.25) is 0 Å². The number of hydrogen-bond donors (Lipinski definition) is 1. The summed E-state index contributed by atoms with van der Waals surface area (Å²) in [5.74, 6) is -1.23. The van der Waals surface area contributed by atoms with E-state index < -0.39 is 5.97 Å². The lowest BCUT2D eigenvalue weighted by Gasteiger charge is -2.25. The highest BCUT2D eigenvalue weighted by atomic mass is 32.1. The summed E-state index contributed by atoms with van der Waals surface area (Å²) in [5.41, 5.74) is 19.8. The highest BCUT2D eigenvalue weighted by Gasteiger charge is 2.18. The van der Waals surface area contributed by atoms with Crippen LogP contribution in [0, 0.1) is 11.3 Å². The van der Waals surface area contributed by atoms with Crippen molar-refractivity contribution in [2.24, 2.45) is 0 Å². The first-order valence-electron chi connectivity index (χ1n) is 29.7. The molecule has 0 aliphatic carbocycles. The molecule has 0 fully saturated rings. The zero-order chi connectivity index (χ0) is 60.8. The molecule has 14 rings (SSSR count). The van der Waals surface area contributed by atoms with Crippen molar-refractivity contribution in [2.45, 2.75) is 0 Å². The third kappa shape index (κ3) is 12.0. The molecule has 14 aromatic rings. The van der Waals surface area contributed by atoms with E-state index in [2.05, 4.69) is 306 Å². The van der Waals surface area contributed by atoms with Crippen molar-refractivity contribution < 1.29 is 9.90 Å². The van der Waals surface area contributed by atoms with E-state index in [-0.39, 0.29) is 5.57 Å². The van der Waals surface area contributed by atoms with Crippen LogP contribution in [-0.2, 0) is 4.79 Å². The summed E-state index contributed by atoms with van der Waals surface area (Å²) in [5, 5.41) is 21.0. The zero-order valence-electron chi connectivity index (χ0n) is 48.7. The molecule has 0 unspecified atom stereocenters. The maximum Gasteiger partial charge on any atom is 0.346 e. The number of carboxylic acid groups (broad SMARTS) is 1. The second-order valence-electron chi connectivity index (χ2n) is 21.8. The van der Waals surface area contributed by atoms with Crippen LogP contribution < -0.4 is 9.80 Å². The summed E-state index contributed by atoms with van der Waals surface area (Å²) in [4.78, 5) is 20.0. The SMILES string of the molecule is N#C/C(=C/c1ccc(-c2ccc(-c3ccc(-n4c5ccc(-c6ccc(/C=C/c7ccc(N(c8ccccc8)c8ccccc8)cc7)cc6)cc5c5cc(-c6ccc(/C=C/c7ccc(N(c8ccccc8)c8ccccc8)cc7)cc6)ccc54)cc3)s2)s1)C(=O)O. The van der Waals surface area contributed by atoms with Crippen molar-refractivity contribution in [1.82, 2.24) is 4.57 Å². The molecule has 0 amide bonds. The Hall–Kier alpha value is -11.6. The summed E-state index contributed by atoms with van der Waals surface area (Å²) >= 11 is 3.16. The molecule has 0 radical (unpaired) electrons. The predicted molar refractivity (Wildman–Crippen MR) is 380 cm³/mol. The van der Waals surface area contributed by atoms with Crippen LogP contribution in [0.3, 0.4) is 0 Å². The summed E-state index contributed by atoms with van der Waals surface area (Å²) in [7, 11) is 0. The van der Waals surface area contributed by atoms with Crippen molar-refractivity contribution in [1.29, 1.82) is 5.26 Å². The van der Waals surface area contributed by atoms with E-state index in [0.717, 1.165) is 120 Å². The van der Waals surface area contributed by atoms with Gasteiger partial charge in [0.15, 0.2) is 0 Å². The Balaban J connectivity index is 0.745. The Kier molecular flexibility index (Phi) is 15.9. The van der Waals surface area contributed by atoms with E-state index >= 15 is 0 Å². The Bertz CT molecular complexity index is 4670.